The number of rotatable bonds is 2. The van der Waals surface area contributed by atoms with Gasteiger partial charge in [-0.15, -0.1) is 0 Å². The fraction of sp³-hybridized carbons (Fsp3) is 0.312. The van der Waals surface area contributed by atoms with Gasteiger partial charge in [0, 0.05) is 18.1 Å². The molecule has 1 amide bonds. The molecule has 7 nitrogen and oxygen atoms in total. The summed E-state index contributed by atoms with van der Waals surface area (Å²) in [6, 6.07) is 7.63. The molecule has 2 aliphatic heterocycles. The van der Waals surface area contributed by atoms with Gasteiger partial charge >= 0.3 is 6.09 Å². The van der Waals surface area contributed by atoms with E-state index in [1.54, 1.807) is 19.4 Å². The largest absolute Gasteiger partial charge is 0.495 e. The lowest BCUT2D eigenvalue weighted by Crippen LogP contribution is -2.32. The zero-order valence-corrected chi connectivity index (χ0v) is 12.4. The van der Waals surface area contributed by atoms with Crippen LogP contribution in [0.5, 0.6) is 5.75 Å². The molecule has 1 N–H and O–H groups in total. The first-order valence-corrected chi connectivity index (χ1v) is 7.28. The maximum atomic E-state index is 11.3. The Morgan fingerprint density at radius 1 is 1.48 bits per heavy atom. The van der Waals surface area contributed by atoms with Crippen molar-refractivity contribution < 1.29 is 14.3 Å². The van der Waals surface area contributed by atoms with Crippen molar-refractivity contribution in [2.24, 2.45) is 0 Å². The number of aromatic nitrogens is 1. The van der Waals surface area contributed by atoms with Crippen LogP contribution in [-0.4, -0.2) is 43.4 Å². The molecule has 7 heteroatoms. The number of anilines is 1. The van der Waals surface area contributed by atoms with Gasteiger partial charge < -0.3 is 19.7 Å². The number of alkyl carbamates (subject to hydrolysis) is 1. The second-order valence-electron chi connectivity index (χ2n) is 5.62. The number of pyridine rings is 1. The van der Waals surface area contributed by atoms with Crippen LogP contribution >= 0.6 is 0 Å². The quantitative estimate of drug-likeness (QED) is 0.902. The van der Waals surface area contributed by atoms with Gasteiger partial charge in [0.25, 0.3) is 0 Å². The van der Waals surface area contributed by atoms with Crippen molar-refractivity contribution in [3.05, 3.63) is 30.0 Å². The fourth-order valence-corrected chi connectivity index (χ4v) is 3.22. The number of carbonyl (C=O) groups is 1. The number of hydrogen-bond acceptors (Lipinski definition) is 6. The molecule has 2 atom stereocenters. The molecule has 1 aromatic carbocycles. The highest BCUT2D eigenvalue weighted by Crippen LogP contribution is 2.33. The average molecular weight is 310 g/mol. The SMILES string of the molecule is COc1cc2c(N3CC4NC(=O)OC4C3)nccc2cc1C#N. The third kappa shape index (κ3) is 2.11. The lowest BCUT2D eigenvalue weighted by Gasteiger charge is -2.20. The van der Waals surface area contributed by atoms with Crippen LogP contribution in [0.25, 0.3) is 10.8 Å². The van der Waals surface area contributed by atoms with Crippen LogP contribution in [0.1, 0.15) is 5.56 Å². The molecule has 1 aromatic heterocycles. The van der Waals surface area contributed by atoms with Crippen molar-refractivity contribution >= 4 is 22.7 Å². The number of hydrogen-bond donors (Lipinski definition) is 1. The number of benzene rings is 1. The number of methoxy groups -OCH3 is 1. The predicted octanol–water partition coefficient (Wildman–Crippen LogP) is 1.41. The summed E-state index contributed by atoms with van der Waals surface area (Å²) in [5.74, 6) is 1.33. The molecule has 0 radical (unpaired) electrons. The Morgan fingerprint density at radius 2 is 2.35 bits per heavy atom. The number of nitrogens with zero attached hydrogens (tertiary/aromatic N) is 3. The van der Waals surface area contributed by atoms with Crippen molar-refractivity contribution in [2.45, 2.75) is 12.1 Å². The first-order chi connectivity index (χ1) is 11.2. The normalized spacial score (nSPS) is 22.4. The highest BCUT2D eigenvalue weighted by Gasteiger charge is 2.42. The minimum atomic E-state index is -0.356. The number of amides is 1. The molecule has 2 aliphatic rings. The van der Waals surface area contributed by atoms with E-state index in [9.17, 15) is 10.1 Å². The Bertz CT molecular complexity index is 829. The van der Waals surface area contributed by atoms with Gasteiger partial charge in [-0.3, -0.25) is 0 Å². The van der Waals surface area contributed by atoms with Gasteiger partial charge in [-0.2, -0.15) is 5.26 Å². The monoisotopic (exact) mass is 310 g/mol. The minimum Gasteiger partial charge on any atom is -0.495 e. The predicted molar refractivity (Wildman–Crippen MR) is 82.4 cm³/mol. The van der Waals surface area contributed by atoms with E-state index in [-0.39, 0.29) is 18.2 Å². The van der Waals surface area contributed by atoms with Gasteiger partial charge in [-0.25, -0.2) is 9.78 Å². The van der Waals surface area contributed by atoms with E-state index in [0.29, 0.717) is 24.4 Å². The number of carbonyl (C=O) groups excluding carboxylic acids is 1. The van der Waals surface area contributed by atoms with Crippen LogP contribution in [0.3, 0.4) is 0 Å². The van der Waals surface area contributed by atoms with Crippen LogP contribution < -0.4 is 15.0 Å². The second-order valence-corrected chi connectivity index (χ2v) is 5.62. The van der Waals surface area contributed by atoms with E-state index in [0.717, 1.165) is 16.6 Å². The Balaban J connectivity index is 1.76. The molecule has 2 unspecified atom stereocenters. The van der Waals surface area contributed by atoms with E-state index in [4.69, 9.17) is 9.47 Å². The van der Waals surface area contributed by atoms with Crippen LogP contribution in [0.4, 0.5) is 10.6 Å². The Labute approximate surface area is 132 Å². The van der Waals surface area contributed by atoms with Crippen molar-refractivity contribution in [3.8, 4) is 11.8 Å². The molecule has 2 aromatic rings. The van der Waals surface area contributed by atoms with Crippen molar-refractivity contribution in [3.63, 3.8) is 0 Å². The topological polar surface area (TPSA) is 87.5 Å². The standard InChI is InChI=1S/C16H14N4O3/c1-22-13-5-11-9(4-10(13)6-17)2-3-18-15(11)20-7-12-14(8-20)23-16(21)19-12/h2-5,12,14H,7-8H2,1H3,(H,19,21). The molecule has 2 saturated heterocycles. The van der Waals surface area contributed by atoms with Crippen LogP contribution in [0, 0.1) is 11.3 Å². The lowest BCUT2D eigenvalue weighted by atomic mass is 10.1. The van der Waals surface area contributed by atoms with Crippen LogP contribution in [0.2, 0.25) is 0 Å². The zero-order chi connectivity index (χ0) is 16.0. The summed E-state index contributed by atoms with van der Waals surface area (Å²) >= 11 is 0. The summed E-state index contributed by atoms with van der Waals surface area (Å²) in [5.41, 5.74) is 0.492. The smallest absolute Gasteiger partial charge is 0.407 e. The molecule has 0 aliphatic carbocycles. The second kappa shape index (κ2) is 5.02. The Morgan fingerprint density at radius 3 is 3.09 bits per heavy atom. The highest BCUT2D eigenvalue weighted by molar-refractivity contribution is 5.94. The fourth-order valence-electron chi connectivity index (χ4n) is 3.22. The molecule has 4 rings (SSSR count). The third-order valence-electron chi connectivity index (χ3n) is 4.31. The number of nitrogens with one attached hydrogen (secondary N) is 1. The van der Waals surface area contributed by atoms with Crippen LogP contribution in [0.15, 0.2) is 24.4 Å². The molecular formula is C16H14N4O3. The molecule has 116 valence electrons. The van der Waals surface area contributed by atoms with E-state index < -0.39 is 0 Å². The number of nitriles is 1. The van der Waals surface area contributed by atoms with Crippen molar-refractivity contribution in [1.82, 2.24) is 10.3 Å². The van der Waals surface area contributed by atoms with E-state index in [2.05, 4.69) is 21.3 Å². The molecule has 0 spiro atoms. The summed E-state index contributed by atoms with van der Waals surface area (Å²) in [7, 11) is 1.54. The zero-order valence-electron chi connectivity index (χ0n) is 12.4. The van der Waals surface area contributed by atoms with Crippen molar-refractivity contribution in [2.75, 3.05) is 25.1 Å². The average Bonchev–Trinajstić information content (AvgIpc) is 3.10. The van der Waals surface area contributed by atoms with E-state index >= 15 is 0 Å². The minimum absolute atomic E-state index is 0.0140. The first-order valence-electron chi connectivity index (χ1n) is 7.28. The van der Waals surface area contributed by atoms with Gasteiger partial charge in [-0.05, 0) is 23.6 Å². The summed E-state index contributed by atoms with van der Waals surface area (Å²) in [6.45, 7) is 1.24. The third-order valence-corrected chi connectivity index (χ3v) is 4.31. The lowest BCUT2D eigenvalue weighted by molar-refractivity contribution is 0.144. The van der Waals surface area contributed by atoms with Gasteiger partial charge in [0.2, 0.25) is 0 Å². The number of ether oxygens (including phenoxy) is 2. The van der Waals surface area contributed by atoms with Crippen LogP contribution in [-0.2, 0) is 4.74 Å². The van der Waals surface area contributed by atoms with Crippen molar-refractivity contribution in [1.29, 1.82) is 5.26 Å². The number of fused-ring (bicyclic) bond motifs is 2. The summed E-state index contributed by atoms with van der Waals surface area (Å²) in [6.07, 6.45) is 1.21. The Kier molecular flexibility index (Phi) is 2.98. The summed E-state index contributed by atoms with van der Waals surface area (Å²) < 4.78 is 10.5. The van der Waals surface area contributed by atoms with Gasteiger partial charge in [-0.1, -0.05) is 0 Å². The maximum absolute atomic E-state index is 11.3. The molecular weight excluding hydrogens is 296 g/mol. The first kappa shape index (κ1) is 13.6. The van der Waals surface area contributed by atoms with Gasteiger partial charge in [0.1, 0.15) is 23.7 Å². The van der Waals surface area contributed by atoms with E-state index in [1.807, 2.05) is 12.1 Å². The van der Waals surface area contributed by atoms with Gasteiger partial charge in [0.15, 0.2) is 0 Å². The maximum Gasteiger partial charge on any atom is 0.407 e. The molecule has 0 bridgehead atoms. The Hall–Kier alpha value is -3.01. The molecule has 0 saturated carbocycles. The molecule has 3 heterocycles. The molecule has 2 fully saturated rings. The molecule has 23 heavy (non-hydrogen) atoms. The summed E-state index contributed by atoms with van der Waals surface area (Å²) in [4.78, 5) is 17.8. The van der Waals surface area contributed by atoms with E-state index in [1.165, 1.54) is 0 Å². The highest BCUT2D eigenvalue weighted by atomic mass is 16.6. The summed E-state index contributed by atoms with van der Waals surface area (Å²) in [5, 5.41) is 13.9. The van der Waals surface area contributed by atoms with Gasteiger partial charge in [0.05, 0.1) is 25.3 Å².